The Morgan fingerprint density at radius 2 is 1.58 bits per heavy atom. The number of ether oxygens (including phenoxy) is 1. The molecular weight excluding hydrogens is 362 g/mol. The highest BCUT2D eigenvalue weighted by Gasteiger charge is 2.38. The maximum Gasteiger partial charge on any atom is 0.137 e. The Hall–Kier alpha value is -1.68. The standard InChI is InChI=1S/C21H24NO.BrH/c1-18-21(19-10-5-3-6-11-19)14-9-15-22(18,16-17-23-2)20-12-7-4-8-13-20;/h3-15,18H,16-17H2,1-2H3;1H/q+1;/p-1. The molecule has 0 bridgehead atoms. The van der Waals surface area contributed by atoms with Gasteiger partial charge >= 0.3 is 0 Å². The lowest BCUT2D eigenvalue weighted by Gasteiger charge is -2.42. The minimum Gasteiger partial charge on any atom is -1.00 e. The first kappa shape index (κ1) is 18.7. The minimum absolute atomic E-state index is 0. The van der Waals surface area contributed by atoms with Gasteiger partial charge in [0.25, 0.3) is 0 Å². The number of rotatable bonds is 5. The molecule has 0 saturated heterocycles. The molecule has 3 heteroatoms. The van der Waals surface area contributed by atoms with Crippen molar-refractivity contribution in [3.63, 3.8) is 0 Å². The number of halogens is 1. The number of allylic oxidation sites excluding steroid dienone is 2. The third-order valence-electron chi connectivity index (χ3n) is 4.78. The number of benzene rings is 2. The van der Waals surface area contributed by atoms with E-state index < -0.39 is 0 Å². The average molecular weight is 386 g/mol. The summed E-state index contributed by atoms with van der Waals surface area (Å²) in [7, 11) is 1.77. The molecule has 2 nitrogen and oxygen atoms in total. The van der Waals surface area contributed by atoms with Crippen LogP contribution in [0.15, 0.2) is 79.0 Å². The highest BCUT2D eigenvalue weighted by molar-refractivity contribution is 5.75. The van der Waals surface area contributed by atoms with Crippen LogP contribution in [-0.4, -0.2) is 26.3 Å². The second kappa shape index (κ2) is 8.43. The summed E-state index contributed by atoms with van der Waals surface area (Å²) >= 11 is 0. The summed E-state index contributed by atoms with van der Waals surface area (Å²) in [6, 6.07) is 21.7. The van der Waals surface area contributed by atoms with Crippen molar-refractivity contribution < 1.29 is 21.7 Å². The third-order valence-corrected chi connectivity index (χ3v) is 4.78. The van der Waals surface area contributed by atoms with Gasteiger partial charge in [-0.25, -0.2) is 0 Å². The molecule has 3 rings (SSSR count). The van der Waals surface area contributed by atoms with Crippen molar-refractivity contribution in [2.75, 3.05) is 20.3 Å². The van der Waals surface area contributed by atoms with Crippen molar-refractivity contribution in [3.8, 4) is 0 Å². The Labute approximate surface area is 155 Å². The summed E-state index contributed by atoms with van der Waals surface area (Å²) in [4.78, 5) is 0. The van der Waals surface area contributed by atoms with Crippen LogP contribution in [0.3, 0.4) is 0 Å². The zero-order valence-electron chi connectivity index (χ0n) is 14.2. The van der Waals surface area contributed by atoms with E-state index in [1.165, 1.54) is 16.8 Å². The molecule has 0 spiro atoms. The Balaban J connectivity index is 0.00000208. The van der Waals surface area contributed by atoms with Gasteiger partial charge in [0.15, 0.2) is 0 Å². The van der Waals surface area contributed by atoms with Crippen molar-refractivity contribution in [3.05, 3.63) is 84.6 Å². The fourth-order valence-electron chi connectivity index (χ4n) is 3.44. The lowest BCUT2D eigenvalue weighted by molar-refractivity contribution is -0.00000497. The van der Waals surface area contributed by atoms with Crippen LogP contribution in [-0.2, 0) is 4.74 Å². The molecular formula is C21H24BrNO. The summed E-state index contributed by atoms with van der Waals surface area (Å²) in [6.45, 7) is 3.96. The van der Waals surface area contributed by atoms with Gasteiger partial charge in [0, 0.05) is 12.7 Å². The zero-order valence-corrected chi connectivity index (χ0v) is 15.8. The molecule has 1 aliphatic heterocycles. The molecule has 2 aromatic rings. The van der Waals surface area contributed by atoms with E-state index >= 15 is 0 Å². The van der Waals surface area contributed by atoms with Gasteiger partial charge in [-0.05, 0) is 36.8 Å². The number of quaternary nitrogens is 1. The highest BCUT2D eigenvalue weighted by Crippen LogP contribution is 2.36. The van der Waals surface area contributed by atoms with Gasteiger partial charge in [0.05, 0.1) is 6.61 Å². The van der Waals surface area contributed by atoms with Crippen LogP contribution in [0.5, 0.6) is 0 Å². The lowest BCUT2D eigenvalue weighted by atomic mass is 9.93. The minimum atomic E-state index is 0. The normalized spacial score (nSPS) is 22.6. The van der Waals surface area contributed by atoms with Gasteiger partial charge in [-0.1, -0.05) is 48.5 Å². The van der Waals surface area contributed by atoms with Crippen LogP contribution in [0.4, 0.5) is 5.69 Å². The molecule has 0 fully saturated rings. The average Bonchev–Trinajstić information content (AvgIpc) is 2.62. The lowest BCUT2D eigenvalue weighted by Crippen LogP contribution is -3.00. The van der Waals surface area contributed by atoms with Gasteiger partial charge in [-0.3, -0.25) is 4.48 Å². The summed E-state index contributed by atoms with van der Waals surface area (Å²) < 4.78 is 6.20. The molecule has 0 aromatic heterocycles. The smallest absolute Gasteiger partial charge is 0.137 e. The topological polar surface area (TPSA) is 9.23 Å². The molecule has 2 unspecified atom stereocenters. The quantitative estimate of drug-likeness (QED) is 0.711. The number of hydrogen-bond donors (Lipinski definition) is 0. The molecule has 0 aliphatic carbocycles. The largest absolute Gasteiger partial charge is 1.00 e. The van der Waals surface area contributed by atoms with Crippen molar-refractivity contribution in [2.24, 2.45) is 0 Å². The van der Waals surface area contributed by atoms with E-state index in [4.69, 9.17) is 4.74 Å². The van der Waals surface area contributed by atoms with Crippen LogP contribution >= 0.6 is 0 Å². The monoisotopic (exact) mass is 385 g/mol. The summed E-state index contributed by atoms with van der Waals surface area (Å²) in [5.74, 6) is 0. The van der Waals surface area contributed by atoms with Crippen molar-refractivity contribution >= 4 is 11.3 Å². The van der Waals surface area contributed by atoms with Gasteiger partial charge in [0.1, 0.15) is 24.5 Å². The number of para-hydroxylation sites is 1. The summed E-state index contributed by atoms with van der Waals surface area (Å²) in [5.41, 5.74) is 3.96. The van der Waals surface area contributed by atoms with Crippen LogP contribution in [0.1, 0.15) is 12.5 Å². The number of methoxy groups -OCH3 is 1. The van der Waals surface area contributed by atoms with Crippen molar-refractivity contribution in [1.82, 2.24) is 4.48 Å². The first-order valence-electron chi connectivity index (χ1n) is 8.15. The van der Waals surface area contributed by atoms with E-state index in [1.807, 2.05) is 0 Å². The van der Waals surface area contributed by atoms with E-state index in [0.717, 1.165) is 17.6 Å². The number of hydrogen-bond acceptors (Lipinski definition) is 1. The van der Waals surface area contributed by atoms with Gasteiger partial charge < -0.3 is 21.7 Å². The van der Waals surface area contributed by atoms with E-state index in [1.54, 1.807) is 7.11 Å². The first-order valence-corrected chi connectivity index (χ1v) is 8.15. The zero-order chi connectivity index (χ0) is 16.1. The van der Waals surface area contributed by atoms with Crippen LogP contribution in [0.2, 0.25) is 0 Å². The molecule has 1 aliphatic rings. The molecule has 24 heavy (non-hydrogen) atoms. The molecule has 126 valence electrons. The molecule has 0 saturated carbocycles. The number of nitrogens with zero attached hydrogens (tertiary/aromatic N) is 1. The Morgan fingerprint density at radius 1 is 0.958 bits per heavy atom. The SMILES string of the molecule is COCC[N+]1(c2ccccc2)C=CC=C(c2ccccc2)C1C.[Br-]. The fraction of sp³-hybridized carbons (Fsp3) is 0.238. The van der Waals surface area contributed by atoms with E-state index in [2.05, 4.69) is 85.9 Å². The van der Waals surface area contributed by atoms with Gasteiger partial charge in [0.2, 0.25) is 0 Å². The van der Waals surface area contributed by atoms with E-state index in [-0.39, 0.29) is 17.0 Å². The van der Waals surface area contributed by atoms with Crippen molar-refractivity contribution in [2.45, 2.75) is 13.0 Å². The van der Waals surface area contributed by atoms with Crippen LogP contribution in [0.25, 0.3) is 5.57 Å². The fourth-order valence-corrected chi connectivity index (χ4v) is 3.44. The second-order valence-corrected chi connectivity index (χ2v) is 5.99. The molecule has 0 radical (unpaired) electrons. The third kappa shape index (κ3) is 3.54. The predicted octanol–water partition coefficient (Wildman–Crippen LogP) is 1.64. The summed E-state index contributed by atoms with van der Waals surface area (Å²) in [6.07, 6.45) is 6.72. The highest BCUT2D eigenvalue weighted by atomic mass is 79.9. The molecule has 2 atom stereocenters. The Bertz CT molecular complexity index is 696. The van der Waals surface area contributed by atoms with Crippen LogP contribution < -0.4 is 21.5 Å². The Morgan fingerprint density at radius 3 is 2.21 bits per heavy atom. The van der Waals surface area contributed by atoms with E-state index in [9.17, 15) is 0 Å². The van der Waals surface area contributed by atoms with Gasteiger partial charge in [-0.15, -0.1) is 0 Å². The van der Waals surface area contributed by atoms with Crippen LogP contribution in [0, 0.1) is 0 Å². The maximum atomic E-state index is 5.41. The van der Waals surface area contributed by atoms with E-state index in [0.29, 0.717) is 6.04 Å². The molecule has 2 aromatic carbocycles. The molecule has 0 N–H and O–H groups in total. The second-order valence-electron chi connectivity index (χ2n) is 5.99. The first-order chi connectivity index (χ1) is 11.3. The Kier molecular flexibility index (Phi) is 6.55. The molecule has 1 heterocycles. The van der Waals surface area contributed by atoms with Gasteiger partial charge in [-0.2, -0.15) is 0 Å². The predicted molar refractivity (Wildman–Crippen MR) is 98.0 cm³/mol. The maximum absolute atomic E-state index is 5.41. The molecule has 0 amide bonds. The van der Waals surface area contributed by atoms with Crippen molar-refractivity contribution in [1.29, 1.82) is 0 Å². The summed E-state index contributed by atoms with van der Waals surface area (Å²) in [5, 5.41) is 0.